The van der Waals surface area contributed by atoms with Crippen molar-refractivity contribution in [3.05, 3.63) is 0 Å². The van der Waals surface area contributed by atoms with E-state index in [4.69, 9.17) is 4.43 Å². The Morgan fingerprint density at radius 3 is 2.00 bits per heavy atom. The highest BCUT2D eigenvalue weighted by atomic mass is 28.4. The summed E-state index contributed by atoms with van der Waals surface area (Å²) in [6.45, 7) is 19.9. The number of hydrogen-bond donors (Lipinski definition) is 0. The number of rotatable bonds is 2. The maximum atomic E-state index is 6.12. The molecular formula is C18H38OSi. The zero-order valence-electron chi connectivity index (χ0n) is 15.5. The smallest absolute Gasteiger partial charge is 0.192 e. The predicted molar refractivity (Wildman–Crippen MR) is 92.7 cm³/mol. The SMILES string of the molecule is CO[Si](C)(C)C1(C)CCCCCC(C)C(C)(C)C1(C)C. The lowest BCUT2D eigenvalue weighted by Gasteiger charge is -2.60. The second kappa shape index (κ2) is 5.76. The van der Waals surface area contributed by atoms with Gasteiger partial charge in [-0.3, -0.25) is 0 Å². The third-order valence-electron chi connectivity index (χ3n) is 7.88. The average molecular weight is 299 g/mol. The molecule has 120 valence electrons. The van der Waals surface area contributed by atoms with E-state index in [2.05, 4.69) is 54.6 Å². The van der Waals surface area contributed by atoms with Crippen LogP contribution in [0.3, 0.4) is 0 Å². The Balaban J connectivity index is 3.38. The molecule has 0 aliphatic heterocycles. The van der Waals surface area contributed by atoms with Gasteiger partial charge in [0.25, 0.3) is 0 Å². The van der Waals surface area contributed by atoms with Gasteiger partial charge in [-0.05, 0) is 41.3 Å². The summed E-state index contributed by atoms with van der Waals surface area (Å²) in [5.41, 5.74) is 0.629. The van der Waals surface area contributed by atoms with Crippen LogP contribution in [0.15, 0.2) is 0 Å². The first-order chi connectivity index (χ1) is 8.94. The highest BCUT2D eigenvalue weighted by Gasteiger charge is 2.59. The third-order valence-corrected chi connectivity index (χ3v) is 12.4. The molecule has 1 aliphatic rings. The van der Waals surface area contributed by atoms with Gasteiger partial charge in [0.15, 0.2) is 8.32 Å². The molecule has 0 amide bonds. The monoisotopic (exact) mass is 298 g/mol. The summed E-state index contributed by atoms with van der Waals surface area (Å²) < 4.78 is 6.12. The van der Waals surface area contributed by atoms with Crippen LogP contribution in [-0.4, -0.2) is 15.4 Å². The van der Waals surface area contributed by atoms with Crippen LogP contribution >= 0.6 is 0 Å². The number of hydrogen-bond acceptors (Lipinski definition) is 1. The molecular weight excluding hydrogens is 260 g/mol. The first kappa shape index (κ1) is 18.2. The molecule has 0 spiro atoms. The Labute approximate surface area is 129 Å². The van der Waals surface area contributed by atoms with E-state index >= 15 is 0 Å². The summed E-state index contributed by atoms with van der Waals surface area (Å²) >= 11 is 0. The Hall–Kier alpha value is 0.177. The maximum absolute atomic E-state index is 6.12. The maximum Gasteiger partial charge on any atom is 0.192 e. The molecule has 0 radical (unpaired) electrons. The minimum Gasteiger partial charge on any atom is -0.420 e. The van der Waals surface area contributed by atoms with Gasteiger partial charge in [0.2, 0.25) is 0 Å². The highest BCUT2D eigenvalue weighted by Crippen LogP contribution is 2.65. The normalized spacial score (nSPS) is 35.0. The second-order valence-electron chi connectivity index (χ2n) is 8.89. The fraction of sp³-hybridized carbons (Fsp3) is 1.00. The summed E-state index contributed by atoms with van der Waals surface area (Å²) in [5.74, 6) is 0.775. The van der Waals surface area contributed by atoms with Crippen LogP contribution in [0.1, 0.15) is 73.6 Å². The molecule has 0 saturated heterocycles. The van der Waals surface area contributed by atoms with E-state index in [1.54, 1.807) is 0 Å². The molecule has 1 rings (SSSR count). The zero-order valence-corrected chi connectivity index (χ0v) is 16.5. The van der Waals surface area contributed by atoms with E-state index in [1.807, 2.05) is 7.11 Å². The first-order valence-electron chi connectivity index (χ1n) is 8.49. The molecule has 1 nitrogen and oxygen atoms in total. The second-order valence-corrected chi connectivity index (χ2v) is 13.4. The predicted octanol–water partition coefficient (Wildman–Crippen LogP) is 6.25. The van der Waals surface area contributed by atoms with Crippen LogP contribution in [0, 0.1) is 16.7 Å². The van der Waals surface area contributed by atoms with Gasteiger partial charge in [0.1, 0.15) is 0 Å². The van der Waals surface area contributed by atoms with Crippen molar-refractivity contribution < 1.29 is 4.43 Å². The minimum absolute atomic E-state index is 0.287. The molecule has 2 heteroatoms. The van der Waals surface area contributed by atoms with Gasteiger partial charge in [0.05, 0.1) is 0 Å². The molecule has 2 atom stereocenters. The molecule has 20 heavy (non-hydrogen) atoms. The van der Waals surface area contributed by atoms with Crippen LogP contribution in [0.2, 0.25) is 18.1 Å². The standard InChI is InChI=1S/C18H38OSi/c1-15-13-11-10-12-14-18(6,20(8,9)19-7)17(4,5)16(15,2)3/h15H,10-14H2,1-9H3. The van der Waals surface area contributed by atoms with E-state index in [0.29, 0.717) is 10.5 Å². The fourth-order valence-corrected chi connectivity index (χ4v) is 7.44. The van der Waals surface area contributed by atoms with E-state index in [0.717, 1.165) is 5.92 Å². The molecule has 0 aromatic carbocycles. The van der Waals surface area contributed by atoms with E-state index in [9.17, 15) is 0 Å². The molecule has 2 unspecified atom stereocenters. The van der Waals surface area contributed by atoms with Gasteiger partial charge in [-0.1, -0.05) is 67.2 Å². The molecule has 0 aromatic heterocycles. The lowest BCUT2D eigenvalue weighted by molar-refractivity contribution is -0.00419. The van der Waals surface area contributed by atoms with Gasteiger partial charge >= 0.3 is 0 Å². The summed E-state index contributed by atoms with van der Waals surface area (Å²) in [6, 6.07) is 0. The third kappa shape index (κ3) is 2.63. The van der Waals surface area contributed by atoms with Crippen molar-refractivity contribution in [2.45, 2.75) is 91.8 Å². The van der Waals surface area contributed by atoms with Crippen molar-refractivity contribution in [3.63, 3.8) is 0 Å². The Morgan fingerprint density at radius 2 is 1.50 bits per heavy atom. The quantitative estimate of drug-likeness (QED) is 0.547. The van der Waals surface area contributed by atoms with Crippen LogP contribution in [0.5, 0.6) is 0 Å². The molecule has 1 fully saturated rings. The Kier molecular flexibility index (Phi) is 5.25. The van der Waals surface area contributed by atoms with Gasteiger partial charge < -0.3 is 4.43 Å². The van der Waals surface area contributed by atoms with Crippen molar-refractivity contribution in [2.24, 2.45) is 16.7 Å². The first-order valence-corrected chi connectivity index (χ1v) is 11.4. The van der Waals surface area contributed by atoms with Crippen LogP contribution in [0.25, 0.3) is 0 Å². The van der Waals surface area contributed by atoms with Crippen LogP contribution in [-0.2, 0) is 4.43 Å². The molecule has 0 N–H and O–H groups in total. The van der Waals surface area contributed by atoms with Crippen molar-refractivity contribution in [3.8, 4) is 0 Å². The minimum atomic E-state index is -1.73. The average Bonchev–Trinajstić information content (AvgIpc) is 2.38. The van der Waals surface area contributed by atoms with Crippen molar-refractivity contribution >= 4 is 8.32 Å². The van der Waals surface area contributed by atoms with Crippen LogP contribution < -0.4 is 0 Å². The molecule has 0 heterocycles. The topological polar surface area (TPSA) is 9.23 Å². The van der Waals surface area contributed by atoms with E-state index in [1.165, 1.54) is 32.1 Å². The van der Waals surface area contributed by atoms with Crippen molar-refractivity contribution in [2.75, 3.05) is 7.11 Å². The molecule has 0 aromatic rings. The van der Waals surface area contributed by atoms with E-state index < -0.39 is 8.32 Å². The molecule has 1 aliphatic carbocycles. The van der Waals surface area contributed by atoms with Gasteiger partial charge in [0, 0.05) is 7.11 Å². The Bertz CT molecular complexity index is 332. The largest absolute Gasteiger partial charge is 0.420 e. The lowest BCUT2D eigenvalue weighted by Crippen LogP contribution is -2.56. The highest BCUT2D eigenvalue weighted by molar-refractivity contribution is 6.74. The lowest BCUT2D eigenvalue weighted by atomic mass is 9.55. The fourth-order valence-electron chi connectivity index (χ4n) is 4.39. The van der Waals surface area contributed by atoms with E-state index in [-0.39, 0.29) is 5.41 Å². The van der Waals surface area contributed by atoms with Crippen molar-refractivity contribution in [1.82, 2.24) is 0 Å². The molecule has 1 saturated carbocycles. The summed E-state index contributed by atoms with van der Waals surface area (Å²) in [5, 5.41) is 0.316. The van der Waals surface area contributed by atoms with Gasteiger partial charge in [-0.15, -0.1) is 0 Å². The summed E-state index contributed by atoms with van der Waals surface area (Å²) in [6.07, 6.45) is 6.85. The molecule has 0 bridgehead atoms. The van der Waals surface area contributed by atoms with Gasteiger partial charge in [-0.25, -0.2) is 0 Å². The Morgan fingerprint density at radius 1 is 0.950 bits per heavy atom. The van der Waals surface area contributed by atoms with Gasteiger partial charge in [-0.2, -0.15) is 0 Å². The summed E-state index contributed by atoms with van der Waals surface area (Å²) in [4.78, 5) is 0. The zero-order chi connectivity index (χ0) is 15.8. The summed E-state index contributed by atoms with van der Waals surface area (Å²) in [7, 11) is 0.210. The van der Waals surface area contributed by atoms with Crippen molar-refractivity contribution in [1.29, 1.82) is 0 Å². The van der Waals surface area contributed by atoms with Crippen LogP contribution in [0.4, 0.5) is 0 Å².